The van der Waals surface area contributed by atoms with Crippen molar-refractivity contribution >= 4 is 62.3 Å². The maximum atomic E-state index is 13.7. The number of amides is 2. The molecule has 12 heteroatoms. The first-order chi connectivity index (χ1) is 16.8. The van der Waals surface area contributed by atoms with Crippen molar-refractivity contribution < 1.29 is 22.7 Å². The average Bonchev–Trinajstić information content (AvgIpc) is 2.78. The molecule has 0 saturated heterocycles. The number of halogens is 3. The third-order valence-corrected chi connectivity index (χ3v) is 7.43. The lowest BCUT2D eigenvalue weighted by Gasteiger charge is -2.33. The van der Waals surface area contributed by atoms with E-state index in [1.54, 1.807) is 25.1 Å². The fraction of sp³-hybridized carbons (Fsp3) is 0.417. The summed E-state index contributed by atoms with van der Waals surface area (Å²) in [7, 11) is -2.46. The highest BCUT2D eigenvalue weighted by Gasteiger charge is 2.32. The van der Waals surface area contributed by atoms with Gasteiger partial charge < -0.3 is 15.0 Å². The fourth-order valence-electron chi connectivity index (χ4n) is 3.56. The van der Waals surface area contributed by atoms with Crippen LogP contribution in [0.4, 0.5) is 5.69 Å². The Labute approximate surface area is 227 Å². The Morgan fingerprint density at radius 3 is 2.19 bits per heavy atom. The van der Waals surface area contributed by atoms with E-state index >= 15 is 0 Å². The monoisotopic (exact) mass is 577 g/mol. The Morgan fingerprint density at radius 2 is 1.69 bits per heavy atom. The van der Waals surface area contributed by atoms with Crippen molar-refractivity contribution in [2.24, 2.45) is 0 Å². The minimum absolute atomic E-state index is 0.0146. The summed E-state index contributed by atoms with van der Waals surface area (Å²) in [4.78, 5) is 28.0. The van der Waals surface area contributed by atoms with E-state index < -0.39 is 28.5 Å². The molecule has 0 aliphatic rings. The molecule has 0 radical (unpaired) electrons. The molecule has 36 heavy (non-hydrogen) atoms. The number of nitrogens with one attached hydrogen (secondary N) is 1. The number of carbonyl (C=O) groups is 2. The molecule has 2 amide bonds. The van der Waals surface area contributed by atoms with Crippen molar-refractivity contribution in [3.63, 3.8) is 0 Å². The maximum Gasteiger partial charge on any atom is 0.244 e. The summed E-state index contributed by atoms with van der Waals surface area (Å²) in [5, 5.41) is 3.66. The van der Waals surface area contributed by atoms with E-state index in [0.717, 1.165) is 10.6 Å². The van der Waals surface area contributed by atoms with Crippen LogP contribution in [0.3, 0.4) is 0 Å². The van der Waals surface area contributed by atoms with E-state index in [0.29, 0.717) is 27.8 Å². The van der Waals surface area contributed by atoms with Gasteiger partial charge in [0, 0.05) is 12.6 Å². The first-order valence-electron chi connectivity index (χ1n) is 11.1. The zero-order valence-corrected chi connectivity index (χ0v) is 23.8. The number of carbonyl (C=O) groups excluding carboxylic acids is 2. The SMILES string of the molecule is CCC(C(=O)NC(C)C)N(Cc1ccc(Cl)c(Cl)c1)C(=O)CN(c1ccc(OC)c(Cl)c1)S(C)(=O)=O. The number of methoxy groups -OCH3 is 1. The van der Waals surface area contributed by atoms with E-state index in [-0.39, 0.29) is 29.2 Å². The van der Waals surface area contributed by atoms with Crippen molar-refractivity contribution in [2.75, 3.05) is 24.2 Å². The first-order valence-corrected chi connectivity index (χ1v) is 14.1. The molecule has 0 aliphatic carbocycles. The van der Waals surface area contributed by atoms with Crippen LogP contribution >= 0.6 is 34.8 Å². The van der Waals surface area contributed by atoms with E-state index in [1.807, 2.05) is 13.8 Å². The van der Waals surface area contributed by atoms with Crippen LogP contribution in [-0.2, 0) is 26.2 Å². The molecule has 0 aromatic heterocycles. The van der Waals surface area contributed by atoms with Crippen LogP contribution in [0, 0.1) is 0 Å². The number of hydrogen-bond acceptors (Lipinski definition) is 5. The van der Waals surface area contributed by atoms with Gasteiger partial charge in [-0.15, -0.1) is 0 Å². The molecule has 2 rings (SSSR count). The molecule has 0 aliphatic heterocycles. The zero-order chi connectivity index (χ0) is 27.2. The van der Waals surface area contributed by atoms with Crippen LogP contribution in [0.25, 0.3) is 0 Å². The van der Waals surface area contributed by atoms with E-state index in [4.69, 9.17) is 39.5 Å². The minimum atomic E-state index is -3.89. The number of nitrogens with zero attached hydrogens (tertiary/aromatic N) is 2. The van der Waals surface area contributed by atoms with Gasteiger partial charge in [0.05, 0.1) is 34.1 Å². The normalized spacial score (nSPS) is 12.2. The smallest absolute Gasteiger partial charge is 0.244 e. The Balaban J connectivity index is 2.49. The first kappa shape index (κ1) is 30.0. The van der Waals surface area contributed by atoms with E-state index in [1.165, 1.54) is 30.2 Å². The van der Waals surface area contributed by atoms with Gasteiger partial charge in [-0.3, -0.25) is 13.9 Å². The summed E-state index contributed by atoms with van der Waals surface area (Å²) in [6.45, 7) is 4.87. The summed E-state index contributed by atoms with van der Waals surface area (Å²) < 4.78 is 31.4. The Morgan fingerprint density at radius 1 is 1.03 bits per heavy atom. The van der Waals surface area contributed by atoms with Gasteiger partial charge in [0.1, 0.15) is 18.3 Å². The molecule has 0 fully saturated rings. The lowest BCUT2D eigenvalue weighted by atomic mass is 10.1. The number of rotatable bonds is 11. The molecule has 0 saturated carbocycles. The molecular weight excluding hydrogens is 549 g/mol. The van der Waals surface area contributed by atoms with Crippen LogP contribution < -0.4 is 14.4 Å². The van der Waals surface area contributed by atoms with Crippen LogP contribution in [0.1, 0.15) is 32.8 Å². The van der Waals surface area contributed by atoms with Gasteiger partial charge >= 0.3 is 0 Å². The summed E-state index contributed by atoms with van der Waals surface area (Å²) in [5.74, 6) is -0.568. The molecule has 1 N–H and O–H groups in total. The van der Waals surface area contributed by atoms with Gasteiger partial charge in [0.25, 0.3) is 0 Å². The predicted octanol–water partition coefficient (Wildman–Crippen LogP) is 4.75. The number of benzene rings is 2. The molecule has 0 heterocycles. The van der Waals surface area contributed by atoms with Gasteiger partial charge in [0.2, 0.25) is 21.8 Å². The maximum absolute atomic E-state index is 13.7. The highest BCUT2D eigenvalue weighted by atomic mass is 35.5. The molecular formula is C24H30Cl3N3O5S. The van der Waals surface area contributed by atoms with Crippen molar-refractivity contribution in [3.8, 4) is 5.75 Å². The van der Waals surface area contributed by atoms with Gasteiger partial charge in [-0.05, 0) is 56.2 Å². The second-order valence-corrected chi connectivity index (χ2v) is 11.6. The van der Waals surface area contributed by atoms with E-state index in [2.05, 4.69) is 5.32 Å². The van der Waals surface area contributed by atoms with E-state index in [9.17, 15) is 18.0 Å². The standard InChI is InChI=1S/C24H30Cl3N3O5S/c1-6-21(24(32)28-15(2)3)29(13-16-7-9-18(25)19(26)11-16)23(31)14-30(36(5,33)34)17-8-10-22(35-4)20(27)12-17/h7-12,15,21H,6,13-14H2,1-5H3,(H,28,32). The summed E-state index contributed by atoms with van der Waals surface area (Å²) in [6, 6.07) is 8.30. The second kappa shape index (κ2) is 12.9. The van der Waals surface area contributed by atoms with Gasteiger partial charge in [-0.2, -0.15) is 0 Å². The Kier molecular flexibility index (Phi) is 10.7. The summed E-state index contributed by atoms with van der Waals surface area (Å²) in [6.07, 6.45) is 1.29. The predicted molar refractivity (Wildman–Crippen MR) is 145 cm³/mol. The largest absolute Gasteiger partial charge is 0.495 e. The molecule has 1 atom stereocenters. The quantitative estimate of drug-likeness (QED) is 0.415. The van der Waals surface area contributed by atoms with Gasteiger partial charge in [0.15, 0.2) is 0 Å². The molecule has 2 aromatic rings. The lowest BCUT2D eigenvalue weighted by molar-refractivity contribution is -0.140. The Hall–Kier alpha value is -2.20. The van der Waals surface area contributed by atoms with Crippen molar-refractivity contribution in [2.45, 2.75) is 45.8 Å². The van der Waals surface area contributed by atoms with Crippen LogP contribution in [0.2, 0.25) is 15.1 Å². The molecule has 2 aromatic carbocycles. The molecule has 0 spiro atoms. The topological polar surface area (TPSA) is 96.0 Å². The number of ether oxygens (including phenoxy) is 1. The molecule has 8 nitrogen and oxygen atoms in total. The van der Waals surface area contributed by atoms with Crippen LogP contribution in [0.5, 0.6) is 5.75 Å². The highest BCUT2D eigenvalue weighted by Crippen LogP contribution is 2.30. The third-order valence-electron chi connectivity index (χ3n) is 5.26. The average molecular weight is 579 g/mol. The second-order valence-electron chi connectivity index (χ2n) is 8.45. The number of anilines is 1. The zero-order valence-electron chi connectivity index (χ0n) is 20.7. The van der Waals surface area contributed by atoms with Crippen molar-refractivity contribution in [1.82, 2.24) is 10.2 Å². The number of hydrogen-bond donors (Lipinski definition) is 1. The number of sulfonamides is 1. The van der Waals surface area contributed by atoms with Crippen molar-refractivity contribution in [1.29, 1.82) is 0 Å². The molecule has 1 unspecified atom stereocenters. The fourth-order valence-corrected chi connectivity index (χ4v) is 4.97. The highest BCUT2D eigenvalue weighted by molar-refractivity contribution is 7.92. The molecule has 198 valence electrons. The summed E-state index contributed by atoms with van der Waals surface area (Å²) in [5.41, 5.74) is 0.817. The van der Waals surface area contributed by atoms with Gasteiger partial charge in [-0.1, -0.05) is 47.8 Å². The van der Waals surface area contributed by atoms with Gasteiger partial charge in [-0.25, -0.2) is 8.42 Å². The Bertz CT molecular complexity index is 1210. The lowest BCUT2D eigenvalue weighted by Crippen LogP contribution is -2.53. The molecule has 0 bridgehead atoms. The van der Waals surface area contributed by atoms with Crippen molar-refractivity contribution in [3.05, 3.63) is 57.0 Å². The third kappa shape index (κ3) is 7.90. The minimum Gasteiger partial charge on any atom is -0.495 e. The van der Waals surface area contributed by atoms with Crippen LogP contribution in [-0.4, -0.2) is 57.1 Å². The summed E-state index contributed by atoms with van der Waals surface area (Å²) >= 11 is 18.4. The van der Waals surface area contributed by atoms with Crippen LogP contribution in [0.15, 0.2) is 36.4 Å².